The van der Waals surface area contributed by atoms with Crippen LogP contribution in [0, 0.1) is 0 Å². The number of piperidine rings is 2. The summed E-state index contributed by atoms with van der Waals surface area (Å²) in [5.41, 5.74) is 2.59. The molecule has 4 rings (SSSR count). The monoisotopic (exact) mass is 340 g/mol. The molecule has 3 heterocycles. The van der Waals surface area contributed by atoms with Crippen LogP contribution in [0.15, 0.2) is 36.5 Å². The molecule has 0 bridgehead atoms. The highest BCUT2D eigenvalue weighted by molar-refractivity contribution is 5.51. The van der Waals surface area contributed by atoms with Gasteiger partial charge in [0.1, 0.15) is 5.75 Å². The van der Waals surface area contributed by atoms with Crippen LogP contribution >= 0.6 is 0 Å². The Balaban J connectivity index is 1.35. The van der Waals surface area contributed by atoms with Crippen LogP contribution in [0.1, 0.15) is 37.3 Å². The molecular formula is C20H28N4O. The molecule has 1 aromatic heterocycles. The largest absolute Gasteiger partial charge is 0.497 e. The van der Waals surface area contributed by atoms with E-state index < -0.39 is 0 Å². The molecule has 0 radical (unpaired) electrons. The average Bonchev–Trinajstić information content (AvgIpc) is 3.23. The fourth-order valence-corrected chi connectivity index (χ4v) is 4.38. The van der Waals surface area contributed by atoms with Crippen LogP contribution in [-0.4, -0.2) is 54.4 Å². The highest BCUT2D eigenvalue weighted by atomic mass is 16.5. The van der Waals surface area contributed by atoms with Crippen molar-refractivity contribution >= 4 is 5.69 Å². The summed E-state index contributed by atoms with van der Waals surface area (Å²) in [6.07, 6.45) is 6.93. The fourth-order valence-electron chi connectivity index (χ4n) is 4.38. The Labute approximate surface area is 150 Å². The lowest BCUT2D eigenvalue weighted by Gasteiger charge is -2.42. The van der Waals surface area contributed by atoms with E-state index in [4.69, 9.17) is 4.74 Å². The first-order valence-electron chi connectivity index (χ1n) is 9.46. The number of hydrogen-bond acceptors (Lipinski definition) is 4. The van der Waals surface area contributed by atoms with Gasteiger partial charge in [-0.05, 0) is 50.4 Å². The number of benzene rings is 1. The first kappa shape index (κ1) is 16.5. The van der Waals surface area contributed by atoms with E-state index in [1.165, 1.54) is 50.2 Å². The molecule has 1 N–H and O–H groups in total. The fraction of sp³-hybridized carbons (Fsp3) is 0.550. The van der Waals surface area contributed by atoms with Crippen LogP contribution in [-0.2, 0) is 0 Å². The Hall–Kier alpha value is -2.01. The lowest BCUT2D eigenvalue weighted by atomic mass is 9.92. The first-order chi connectivity index (χ1) is 12.3. The third kappa shape index (κ3) is 3.66. The van der Waals surface area contributed by atoms with Crippen molar-refractivity contribution in [3.63, 3.8) is 0 Å². The number of aromatic nitrogens is 2. The molecule has 5 nitrogen and oxygen atoms in total. The zero-order valence-electron chi connectivity index (χ0n) is 15.0. The Bertz CT molecular complexity index is 664. The topological polar surface area (TPSA) is 44.4 Å². The van der Waals surface area contributed by atoms with Gasteiger partial charge in [-0.25, -0.2) is 0 Å². The maximum absolute atomic E-state index is 5.37. The van der Waals surface area contributed by atoms with E-state index in [2.05, 4.69) is 44.3 Å². The van der Waals surface area contributed by atoms with E-state index in [-0.39, 0.29) is 0 Å². The normalized spacial score (nSPS) is 22.9. The lowest BCUT2D eigenvalue weighted by Crippen LogP contribution is -2.48. The van der Waals surface area contributed by atoms with E-state index in [0.29, 0.717) is 12.0 Å². The highest BCUT2D eigenvalue weighted by Crippen LogP contribution is 2.30. The Morgan fingerprint density at radius 3 is 2.76 bits per heavy atom. The molecule has 2 aromatic rings. The van der Waals surface area contributed by atoms with Crippen LogP contribution in [0.2, 0.25) is 0 Å². The second kappa shape index (κ2) is 7.48. The molecule has 0 unspecified atom stereocenters. The van der Waals surface area contributed by atoms with E-state index in [9.17, 15) is 0 Å². The van der Waals surface area contributed by atoms with Gasteiger partial charge in [0.25, 0.3) is 0 Å². The Morgan fingerprint density at radius 1 is 1.12 bits per heavy atom. The van der Waals surface area contributed by atoms with Crippen LogP contribution < -0.4 is 9.64 Å². The van der Waals surface area contributed by atoms with Gasteiger partial charge >= 0.3 is 0 Å². The molecule has 2 aliphatic rings. The molecule has 5 heteroatoms. The number of ether oxygens (including phenoxy) is 1. The maximum Gasteiger partial charge on any atom is 0.120 e. The number of methoxy groups -OCH3 is 1. The quantitative estimate of drug-likeness (QED) is 0.928. The predicted molar refractivity (Wildman–Crippen MR) is 100 cm³/mol. The maximum atomic E-state index is 5.37. The molecule has 0 saturated carbocycles. The van der Waals surface area contributed by atoms with E-state index in [0.717, 1.165) is 18.8 Å². The SMILES string of the molecule is COc1cccc(N2CCC(N3CCC[C@@H](c4ccn[nH]4)C3)CC2)c1. The van der Waals surface area contributed by atoms with Crippen LogP contribution in [0.25, 0.3) is 0 Å². The smallest absolute Gasteiger partial charge is 0.120 e. The molecular weight excluding hydrogens is 312 g/mol. The number of nitrogens with zero attached hydrogens (tertiary/aromatic N) is 3. The molecule has 134 valence electrons. The summed E-state index contributed by atoms with van der Waals surface area (Å²) in [5, 5.41) is 7.31. The summed E-state index contributed by atoms with van der Waals surface area (Å²) in [6, 6.07) is 11.3. The van der Waals surface area contributed by atoms with Gasteiger partial charge in [0, 0.05) is 55.2 Å². The van der Waals surface area contributed by atoms with Crippen molar-refractivity contribution in [3.8, 4) is 5.75 Å². The van der Waals surface area contributed by atoms with Crippen LogP contribution in [0.5, 0.6) is 5.75 Å². The van der Waals surface area contributed by atoms with Gasteiger partial charge in [-0.3, -0.25) is 10.00 Å². The summed E-state index contributed by atoms with van der Waals surface area (Å²) in [5.74, 6) is 1.56. The van der Waals surface area contributed by atoms with Crippen molar-refractivity contribution in [2.24, 2.45) is 0 Å². The molecule has 2 aliphatic heterocycles. The summed E-state index contributed by atoms with van der Waals surface area (Å²) in [7, 11) is 1.73. The van der Waals surface area contributed by atoms with E-state index in [1.807, 2.05) is 12.3 Å². The molecule has 0 amide bonds. The van der Waals surface area contributed by atoms with Crippen molar-refractivity contribution in [2.75, 3.05) is 38.2 Å². The highest BCUT2D eigenvalue weighted by Gasteiger charge is 2.30. The lowest BCUT2D eigenvalue weighted by molar-refractivity contribution is 0.127. The van der Waals surface area contributed by atoms with Crippen LogP contribution in [0.4, 0.5) is 5.69 Å². The molecule has 25 heavy (non-hydrogen) atoms. The van der Waals surface area contributed by atoms with Crippen molar-refractivity contribution in [1.29, 1.82) is 0 Å². The zero-order valence-corrected chi connectivity index (χ0v) is 15.0. The summed E-state index contributed by atoms with van der Waals surface area (Å²) >= 11 is 0. The molecule has 0 spiro atoms. The summed E-state index contributed by atoms with van der Waals surface area (Å²) in [6.45, 7) is 4.67. The zero-order chi connectivity index (χ0) is 17.1. The van der Waals surface area contributed by atoms with Crippen molar-refractivity contribution in [1.82, 2.24) is 15.1 Å². The number of likely N-dealkylation sites (tertiary alicyclic amines) is 1. The third-order valence-electron chi connectivity index (χ3n) is 5.81. The molecule has 2 fully saturated rings. The number of rotatable bonds is 4. The standard InChI is InChI=1S/C20H28N4O/c1-25-19-6-2-5-18(14-19)23-12-8-17(9-13-23)24-11-3-4-16(15-24)20-7-10-21-22-20/h2,5-7,10,14,16-17H,3-4,8-9,11-13,15H2,1H3,(H,21,22)/t16-/m1/s1. The minimum absolute atomic E-state index is 0.618. The van der Waals surface area contributed by atoms with Gasteiger partial charge in [0.05, 0.1) is 7.11 Å². The van der Waals surface area contributed by atoms with Gasteiger partial charge in [-0.1, -0.05) is 6.07 Å². The molecule has 0 aliphatic carbocycles. The summed E-state index contributed by atoms with van der Waals surface area (Å²) < 4.78 is 5.37. The van der Waals surface area contributed by atoms with E-state index >= 15 is 0 Å². The third-order valence-corrected chi connectivity index (χ3v) is 5.81. The minimum Gasteiger partial charge on any atom is -0.497 e. The number of nitrogens with one attached hydrogen (secondary N) is 1. The second-order valence-corrected chi connectivity index (χ2v) is 7.27. The van der Waals surface area contributed by atoms with Gasteiger partial charge in [0.15, 0.2) is 0 Å². The van der Waals surface area contributed by atoms with Gasteiger partial charge < -0.3 is 9.64 Å². The van der Waals surface area contributed by atoms with Crippen molar-refractivity contribution < 1.29 is 4.74 Å². The summed E-state index contributed by atoms with van der Waals surface area (Å²) in [4.78, 5) is 5.22. The second-order valence-electron chi connectivity index (χ2n) is 7.27. The Morgan fingerprint density at radius 2 is 2.00 bits per heavy atom. The van der Waals surface area contributed by atoms with E-state index in [1.54, 1.807) is 7.11 Å². The molecule has 1 aromatic carbocycles. The first-order valence-corrected chi connectivity index (χ1v) is 9.46. The number of H-pyrrole nitrogens is 1. The molecule has 1 atom stereocenters. The van der Waals surface area contributed by atoms with Crippen LogP contribution in [0.3, 0.4) is 0 Å². The van der Waals surface area contributed by atoms with Gasteiger partial charge in [-0.2, -0.15) is 5.10 Å². The van der Waals surface area contributed by atoms with Crippen molar-refractivity contribution in [2.45, 2.75) is 37.6 Å². The van der Waals surface area contributed by atoms with Gasteiger partial charge in [-0.15, -0.1) is 0 Å². The average molecular weight is 340 g/mol. The minimum atomic E-state index is 0.618. The number of hydrogen-bond donors (Lipinski definition) is 1. The number of anilines is 1. The van der Waals surface area contributed by atoms with Gasteiger partial charge in [0.2, 0.25) is 0 Å². The number of aromatic amines is 1. The van der Waals surface area contributed by atoms with Crippen molar-refractivity contribution in [3.05, 3.63) is 42.2 Å². The molecule has 2 saturated heterocycles. The Kier molecular flexibility index (Phi) is 4.92. The predicted octanol–water partition coefficient (Wildman–Crippen LogP) is 3.27.